The highest BCUT2D eigenvalue weighted by atomic mass is 35.5. The van der Waals surface area contributed by atoms with Crippen LogP contribution >= 0.6 is 23.4 Å². The number of ether oxygens (including phenoxy) is 1. The summed E-state index contributed by atoms with van der Waals surface area (Å²) in [6.07, 6.45) is 2.01. The molecule has 2 aliphatic rings. The molecule has 2 heterocycles. The first-order chi connectivity index (χ1) is 10.9. The Kier molecular flexibility index (Phi) is 6.03. The SMILES string of the molecule is C=C(Cl)CON=C(CCC)C1=C(O)C(C)C2(CCSC2)OC1=O. The number of nitrogens with zero attached hydrogens (tertiary/aromatic N) is 1. The molecule has 5 nitrogen and oxygen atoms in total. The Hall–Kier alpha value is -1.14. The van der Waals surface area contributed by atoms with Crippen molar-refractivity contribution in [2.45, 2.75) is 38.7 Å². The van der Waals surface area contributed by atoms with Gasteiger partial charge in [0, 0.05) is 5.75 Å². The zero-order valence-corrected chi connectivity index (χ0v) is 15.0. The Balaban J connectivity index is 2.31. The number of hydrogen-bond acceptors (Lipinski definition) is 6. The lowest BCUT2D eigenvalue weighted by Gasteiger charge is -2.38. The molecule has 1 N–H and O–H groups in total. The zero-order chi connectivity index (χ0) is 17.0. The number of halogens is 1. The second-order valence-electron chi connectivity index (χ2n) is 5.82. The Morgan fingerprint density at radius 3 is 2.96 bits per heavy atom. The van der Waals surface area contributed by atoms with Crippen molar-refractivity contribution in [3.05, 3.63) is 22.9 Å². The molecule has 0 aromatic carbocycles. The summed E-state index contributed by atoms with van der Waals surface area (Å²) in [5, 5.41) is 14.9. The number of esters is 1. The molecule has 0 bridgehead atoms. The molecule has 2 aliphatic heterocycles. The minimum absolute atomic E-state index is 0.0456. The van der Waals surface area contributed by atoms with Crippen LogP contribution in [0.2, 0.25) is 0 Å². The van der Waals surface area contributed by atoms with Gasteiger partial charge < -0.3 is 14.7 Å². The van der Waals surface area contributed by atoms with Crippen LogP contribution in [0.3, 0.4) is 0 Å². The molecule has 23 heavy (non-hydrogen) atoms. The van der Waals surface area contributed by atoms with Crippen LogP contribution in [0.5, 0.6) is 0 Å². The van der Waals surface area contributed by atoms with Crippen LogP contribution in [-0.4, -0.2) is 40.5 Å². The summed E-state index contributed by atoms with van der Waals surface area (Å²) in [4.78, 5) is 17.6. The van der Waals surface area contributed by atoms with Crippen molar-refractivity contribution in [1.82, 2.24) is 0 Å². The highest BCUT2D eigenvalue weighted by molar-refractivity contribution is 7.99. The first-order valence-electron chi connectivity index (χ1n) is 7.68. The van der Waals surface area contributed by atoms with Gasteiger partial charge in [0.25, 0.3) is 0 Å². The number of carbonyl (C=O) groups excluding carboxylic acids is 1. The lowest BCUT2D eigenvalue weighted by Crippen LogP contribution is -2.47. The number of aliphatic hydroxyl groups is 1. The summed E-state index contributed by atoms with van der Waals surface area (Å²) >= 11 is 7.38. The van der Waals surface area contributed by atoms with E-state index < -0.39 is 11.6 Å². The monoisotopic (exact) mass is 359 g/mol. The largest absolute Gasteiger partial charge is 0.511 e. The number of oxime groups is 1. The van der Waals surface area contributed by atoms with Gasteiger partial charge in [-0.05, 0) is 18.6 Å². The lowest BCUT2D eigenvalue weighted by molar-refractivity contribution is -0.160. The number of thioether (sulfide) groups is 1. The van der Waals surface area contributed by atoms with Crippen molar-refractivity contribution in [2.75, 3.05) is 18.1 Å². The molecule has 1 fully saturated rings. The summed E-state index contributed by atoms with van der Waals surface area (Å²) in [6, 6.07) is 0. The third-order valence-corrected chi connectivity index (χ3v) is 5.44. The second kappa shape index (κ2) is 7.62. The highest BCUT2D eigenvalue weighted by Crippen LogP contribution is 2.44. The van der Waals surface area contributed by atoms with E-state index in [0.717, 1.165) is 18.6 Å². The fraction of sp³-hybridized carbons (Fsp3) is 0.625. The minimum atomic E-state index is -0.599. The third kappa shape index (κ3) is 3.86. The van der Waals surface area contributed by atoms with Crippen LogP contribution in [0.1, 0.15) is 33.1 Å². The van der Waals surface area contributed by atoms with Gasteiger partial charge in [0.1, 0.15) is 16.9 Å². The molecule has 0 aliphatic carbocycles. The molecule has 2 unspecified atom stereocenters. The van der Waals surface area contributed by atoms with Crippen LogP contribution in [0.15, 0.2) is 28.1 Å². The molecule has 0 amide bonds. The number of hydrogen-bond donors (Lipinski definition) is 1. The topological polar surface area (TPSA) is 68.1 Å². The van der Waals surface area contributed by atoms with Crippen molar-refractivity contribution in [3.63, 3.8) is 0 Å². The fourth-order valence-electron chi connectivity index (χ4n) is 2.78. The summed E-state index contributed by atoms with van der Waals surface area (Å²) in [6.45, 7) is 7.41. The summed E-state index contributed by atoms with van der Waals surface area (Å²) in [5.41, 5.74) is -0.0832. The van der Waals surface area contributed by atoms with Gasteiger partial charge in [0.15, 0.2) is 6.61 Å². The third-order valence-electron chi connectivity index (χ3n) is 4.14. The van der Waals surface area contributed by atoms with Crippen molar-refractivity contribution in [1.29, 1.82) is 0 Å². The Bertz CT molecular complexity index is 552. The molecule has 0 radical (unpaired) electrons. The van der Waals surface area contributed by atoms with E-state index in [1.807, 2.05) is 13.8 Å². The Morgan fingerprint density at radius 1 is 1.65 bits per heavy atom. The zero-order valence-electron chi connectivity index (χ0n) is 13.4. The number of rotatable bonds is 6. The normalized spacial score (nSPS) is 28.2. The molecule has 0 saturated carbocycles. The summed E-state index contributed by atoms with van der Waals surface area (Å²) in [5.74, 6) is 0.903. The standard InChI is InChI=1S/C16H22ClNO4S/c1-4-5-12(18-21-8-10(2)17)13-14(19)11(3)16(22-15(13)20)6-7-23-9-16/h11,19H,2,4-9H2,1,3H3. The Labute approximate surface area is 145 Å². The maximum Gasteiger partial charge on any atom is 0.344 e. The number of aliphatic hydroxyl groups excluding tert-OH is 1. The lowest BCUT2D eigenvalue weighted by atomic mass is 9.81. The van der Waals surface area contributed by atoms with E-state index in [1.165, 1.54) is 0 Å². The van der Waals surface area contributed by atoms with Gasteiger partial charge in [-0.25, -0.2) is 4.79 Å². The highest BCUT2D eigenvalue weighted by Gasteiger charge is 2.50. The molecule has 2 rings (SSSR count). The molecule has 1 spiro atoms. The van der Waals surface area contributed by atoms with Gasteiger partial charge in [-0.15, -0.1) is 0 Å². The van der Waals surface area contributed by atoms with Crippen molar-refractivity contribution < 1.29 is 19.5 Å². The van der Waals surface area contributed by atoms with Crippen LogP contribution in [0.4, 0.5) is 0 Å². The minimum Gasteiger partial charge on any atom is -0.511 e. The van der Waals surface area contributed by atoms with Crippen LogP contribution < -0.4 is 0 Å². The van der Waals surface area contributed by atoms with Crippen molar-refractivity contribution in [3.8, 4) is 0 Å². The van der Waals surface area contributed by atoms with Crippen molar-refractivity contribution >= 4 is 35.0 Å². The van der Waals surface area contributed by atoms with Gasteiger partial charge in [0.05, 0.1) is 16.7 Å². The first kappa shape index (κ1) is 18.2. The molecule has 2 atom stereocenters. The van der Waals surface area contributed by atoms with E-state index in [2.05, 4.69) is 11.7 Å². The molecule has 0 aromatic rings. The van der Waals surface area contributed by atoms with E-state index in [0.29, 0.717) is 22.9 Å². The molecule has 1 saturated heterocycles. The average Bonchev–Trinajstić information content (AvgIpc) is 2.94. The maximum absolute atomic E-state index is 12.5. The number of carbonyl (C=O) groups is 1. The molecule has 0 aromatic heterocycles. The van der Waals surface area contributed by atoms with Crippen LogP contribution in [-0.2, 0) is 14.4 Å². The van der Waals surface area contributed by atoms with Gasteiger partial charge in [-0.1, -0.05) is 43.6 Å². The summed E-state index contributed by atoms with van der Waals surface area (Å²) in [7, 11) is 0. The van der Waals surface area contributed by atoms with E-state index >= 15 is 0 Å². The Morgan fingerprint density at radius 2 is 2.39 bits per heavy atom. The van der Waals surface area contributed by atoms with Gasteiger partial charge in [-0.2, -0.15) is 11.8 Å². The maximum atomic E-state index is 12.5. The molecule has 128 valence electrons. The van der Waals surface area contributed by atoms with Gasteiger partial charge in [-0.3, -0.25) is 0 Å². The molecular weight excluding hydrogens is 338 g/mol. The fourth-order valence-corrected chi connectivity index (χ4v) is 4.26. The molecule has 7 heteroatoms. The van der Waals surface area contributed by atoms with Gasteiger partial charge >= 0.3 is 5.97 Å². The molecular formula is C16H22ClNO4S. The van der Waals surface area contributed by atoms with Crippen molar-refractivity contribution in [2.24, 2.45) is 11.1 Å². The van der Waals surface area contributed by atoms with E-state index in [1.54, 1.807) is 11.8 Å². The van der Waals surface area contributed by atoms with E-state index in [9.17, 15) is 9.90 Å². The van der Waals surface area contributed by atoms with E-state index in [4.69, 9.17) is 21.2 Å². The predicted octanol–water partition coefficient (Wildman–Crippen LogP) is 3.79. The first-order valence-corrected chi connectivity index (χ1v) is 9.21. The smallest absolute Gasteiger partial charge is 0.344 e. The second-order valence-corrected chi connectivity index (χ2v) is 7.46. The average molecular weight is 360 g/mol. The van der Waals surface area contributed by atoms with Gasteiger partial charge in [0.2, 0.25) is 0 Å². The van der Waals surface area contributed by atoms with Crippen LogP contribution in [0, 0.1) is 5.92 Å². The van der Waals surface area contributed by atoms with Crippen LogP contribution in [0.25, 0.3) is 0 Å². The summed E-state index contributed by atoms with van der Waals surface area (Å²) < 4.78 is 5.73. The predicted molar refractivity (Wildman–Crippen MR) is 92.9 cm³/mol. The van der Waals surface area contributed by atoms with E-state index in [-0.39, 0.29) is 23.9 Å². The quantitative estimate of drug-likeness (QED) is 0.444.